The van der Waals surface area contributed by atoms with Gasteiger partial charge in [0.2, 0.25) is 0 Å². The summed E-state index contributed by atoms with van der Waals surface area (Å²) in [6, 6.07) is 11.3. The van der Waals surface area contributed by atoms with E-state index in [1.54, 1.807) is 0 Å². The monoisotopic (exact) mass is 349 g/mol. The van der Waals surface area contributed by atoms with Crippen molar-refractivity contribution in [2.75, 3.05) is 0 Å². The van der Waals surface area contributed by atoms with Gasteiger partial charge in [-0.15, -0.1) is 0 Å². The smallest absolute Gasteiger partial charge is 0.315 e. The average Bonchev–Trinajstić information content (AvgIpc) is 2.47. The van der Waals surface area contributed by atoms with E-state index in [9.17, 15) is 15.2 Å². The minimum Gasteiger partial charge on any atom is -0.481 e. The number of benzene rings is 1. The molecule has 1 aromatic rings. The highest BCUT2D eigenvalue weighted by Gasteiger charge is 2.50. The first-order chi connectivity index (χ1) is 10.8. The van der Waals surface area contributed by atoms with Crippen LogP contribution in [-0.4, -0.2) is 11.1 Å². The van der Waals surface area contributed by atoms with Crippen molar-refractivity contribution in [2.45, 2.75) is 20.3 Å². The van der Waals surface area contributed by atoms with E-state index in [2.05, 4.69) is 6.07 Å². The van der Waals surface area contributed by atoms with Crippen molar-refractivity contribution in [3.8, 4) is 6.07 Å². The van der Waals surface area contributed by atoms with Gasteiger partial charge in [0.05, 0.1) is 6.07 Å². The number of carboxylic acid groups (broad SMARTS) is 1. The topological polar surface area (TPSA) is 61.1 Å². The van der Waals surface area contributed by atoms with Crippen molar-refractivity contribution in [2.24, 2.45) is 17.3 Å². The summed E-state index contributed by atoms with van der Waals surface area (Å²) >= 11 is 12.9. The molecule has 120 valence electrons. The van der Waals surface area contributed by atoms with Crippen LogP contribution in [0.1, 0.15) is 25.8 Å². The number of aliphatic carboxylic acids is 1. The van der Waals surface area contributed by atoms with Gasteiger partial charge in [-0.2, -0.15) is 5.26 Å². The van der Waals surface area contributed by atoms with Crippen molar-refractivity contribution in [3.05, 3.63) is 52.0 Å². The third kappa shape index (κ3) is 3.15. The first kappa shape index (κ1) is 17.6. The molecule has 0 saturated carbocycles. The van der Waals surface area contributed by atoms with E-state index in [0.29, 0.717) is 5.57 Å². The number of carbonyl (C=O) groups is 1. The van der Waals surface area contributed by atoms with Gasteiger partial charge in [-0.3, -0.25) is 4.79 Å². The summed E-state index contributed by atoms with van der Waals surface area (Å²) in [4.78, 5) is 12.0. The summed E-state index contributed by atoms with van der Waals surface area (Å²) in [6.07, 6.45) is 1.77. The Morgan fingerprint density at radius 2 is 1.96 bits per heavy atom. The van der Waals surface area contributed by atoms with Crippen LogP contribution < -0.4 is 0 Å². The SMILES string of the molecule is CC(C)CC1(C(=O)O)C=C(Cl)C(c2ccccc2)=C(Cl)C1C#N. The summed E-state index contributed by atoms with van der Waals surface area (Å²) in [5.74, 6) is -1.98. The molecule has 0 amide bonds. The number of halogens is 2. The lowest BCUT2D eigenvalue weighted by atomic mass is 9.67. The Kier molecular flexibility index (Phi) is 5.19. The molecule has 0 fully saturated rings. The Labute approximate surface area is 145 Å². The van der Waals surface area contributed by atoms with E-state index in [1.165, 1.54) is 6.08 Å². The molecular weight excluding hydrogens is 333 g/mol. The molecule has 0 heterocycles. The number of hydrogen-bond acceptors (Lipinski definition) is 2. The van der Waals surface area contributed by atoms with Crippen molar-refractivity contribution in [1.29, 1.82) is 5.26 Å². The van der Waals surface area contributed by atoms with Crippen LogP contribution in [0.25, 0.3) is 5.57 Å². The van der Waals surface area contributed by atoms with Crippen LogP contribution in [0, 0.1) is 28.6 Å². The second kappa shape index (κ2) is 6.78. The quantitative estimate of drug-likeness (QED) is 0.828. The highest BCUT2D eigenvalue weighted by molar-refractivity contribution is 6.43. The van der Waals surface area contributed by atoms with Crippen molar-refractivity contribution in [3.63, 3.8) is 0 Å². The fourth-order valence-corrected chi connectivity index (χ4v) is 3.95. The predicted octanol–water partition coefficient (Wildman–Crippen LogP) is 5.03. The number of nitrogens with zero attached hydrogens (tertiary/aromatic N) is 1. The van der Waals surface area contributed by atoms with Crippen molar-refractivity contribution in [1.82, 2.24) is 0 Å². The molecule has 0 bridgehead atoms. The molecule has 2 atom stereocenters. The molecule has 0 radical (unpaired) electrons. The molecule has 1 aliphatic rings. The second-order valence-corrected chi connectivity index (χ2v) is 6.90. The van der Waals surface area contributed by atoms with E-state index in [1.807, 2.05) is 44.2 Å². The van der Waals surface area contributed by atoms with Gasteiger partial charge in [0.25, 0.3) is 0 Å². The van der Waals surface area contributed by atoms with Crippen LogP contribution >= 0.6 is 23.2 Å². The zero-order valence-corrected chi connectivity index (χ0v) is 14.4. The van der Waals surface area contributed by atoms with Crippen LogP contribution in [0.5, 0.6) is 0 Å². The van der Waals surface area contributed by atoms with Gasteiger partial charge in [-0.25, -0.2) is 0 Å². The summed E-state index contributed by atoms with van der Waals surface area (Å²) in [5.41, 5.74) is -0.112. The Morgan fingerprint density at radius 3 is 2.43 bits per heavy atom. The third-order valence-corrected chi connectivity index (χ3v) is 4.67. The number of rotatable bonds is 4. The number of nitriles is 1. The summed E-state index contributed by atoms with van der Waals surface area (Å²) in [6.45, 7) is 3.82. The zero-order valence-electron chi connectivity index (χ0n) is 12.9. The summed E-state index contributed by atoms with van der Waals surface area (Å²) in [5, 5.41) is 19.9. The summed E-state index contributed by atoms with van der Waals surface area (Å²) < 4.78 is 0. The number of hydrogen-bond donors (Lipinski definition) is 1. The Balaban J connectivity index is 2.66. The molecule has 1 aromatic carbocycles. The van der Waals surface area contributed by atoms with Gasteiger partial charge in [0, 0.05) is 15.6 Å². The fourth-order valence-electron chi connectivity index (χ4n) is 3.04. The highest BCUT2D eigenvalue weighted by Crippen LogP contribution is 2.51. The van der Waals surface area contributed by atoms with E-state index < -0.39 is 17.3 Å². The van der Waals surface area contributed by atoms with Gasteiger partial charge in [0.15, 0.2) is 0 Å². The minimum atomic E-state index is -1.41. The first-order valence-corrected chi connectivity index (χ1v) is 8.06. The normalized spacial score (nSPS) is 24.3. The lowest BCUT2D eigenvalue weighted by molar-refractivity contribution is -0.148. The second-order valence-electron chi connectivity index (χ2n) is 6.09. The van der Waals surface area contributed by atoms with Gasteiger partial charge in [-0.1, -0.05) is 67.4 Å². The molecular formula is C18H17Cl2NO2. The molecule has 1 aliphatic carbocycles. The number of allylic oxidation sites excluding steroid dienone is 3. The van der Waals surface area contributed by atoms with Gasteiger partial charge in [-0.05, 0) is 24.0 Å². The maximum absolute atomic E-state index is 12.0. The molecule has 0 aliphatic heterocycles. The van der Waals surface area contributed by atoms with Crippen LogP contribution in [0.15, 0.2) is 46.5 Å². The molecule has 0 aromatic heterocycles. The van der Waals surface area contributed by atoms with Gasteiger partial charge < -0.3 is 5.11 Å². The predicted molar refractivity (Wildman–Crippen MR) is 91.8 cm³/mol. The molecule has 0 spiro atoms. The Bertz CT molecular complexity index is 716. The highest BCUT2D eigenvalue weighted by atomic mass is 35.5. The zero-order chi connectivity index (χ0) is 17.2. The summed E-state index contributed by atoms with van der Waals surface area (Å²) in [7, 11) is 0. The third-order valence-electron chi connectivity index (χ3n) is 3.97. The standard InChI is InChI=1S/C18H17Cl2NO2/c1-11(2)8-18(17(22)23)9-14(19)15(16(20)13(18)10-21)12-6-4-3-5-7-12/h3-7,9,11,13H,8H2,1-2H3,(H,22,23). The lowest BCUT2D eigenvalue weighted by Gasteiger charge is -2.36. The fraction of sp³-hybridized carbons (Fsp3) is 0.333. The Hall–Kier alpha value is -1.76. The maximum Gasteiger partial charge on any atom is 0.315 e. The molecule has 0 saturated heterocycles. The molecule has 2 rings (SSSR count). The van der Waals surface area contributed by atoms with E-state index in [0.717, 1.165) is 5.56 Å². The number of carboxylic acids is 1. The molecule has 1 N–H and O–H groups in total. The van der Waals surface area contributed by atoms with E-state index in [-0.39, 0.29) is 22.4 Å². The first-order valence-electron chi connectivity index (χ1n) is 7.30. The largest absolute Gasteiger partial charge is 0.481 e. The van der Waals surface area contributed by atoms with Crippen LogP contribution in [0.2, 0.25) is 0 Å². The molecule has 2 unspecified atom stereocenters. The van der Waals surface area contributed by atoms with E-state index >= 15 is 0 Å². The van der Waals surface area contributed by atoms with E-state index in [4.69, 9.17) is 23.2 Å². The van der Waals surface area contributed by atoms with Crippen LogP contribution in [0.4, 0.5) is 0 Å². The molecule has 23 heavy (non-hydrogen) atoms. The minimum absolute atomic E-state index is 0.0745. The van der Waals surface area contributed by atoms with Crippen LogP contribution in [-0.2, 0) is 4.79 Å². The van der Waals surface area contributed by atoms with Crippen molar-refractivity contribution >= 4 is 34.7 Å². The Morgan fingerprint density at radius 1 is 1.35 bits per heavy atom. The van der Waals surface area contributed by atoms with Gasteiger partial charge >= 0.3 is 5.97 Å². The maximum atomic E-state index is 12.0. The van der Waals surface area contributed by atoms with Crippen LogP contribution in [0.3, 0.4) is 0 Å². The molecule has 3 nitrogen and oxygen atoms in total. The van der Waals surface area contributed by atoms with Gasteiger partial charge in [0.1, 0.15) is 11.3 Å². The van der Waals surface area contributed by atoms with Crippen molar-refractivity contribution < 1.29 is 9.90 Å². The molecule has 5 heteroatoms. The lowest BCUT2D eigenvalue weighted by Crippen LogP contribution is -2.40. The average molecular weight is 350 g/mol.